The summed E-state index contributed by atoms with van der Waals surface area (Å²) >= 11 is 3.37. The smallest absolute Gasteiger partial charge is 0.255 e. The maximum absolute atomic E-state index is 12.4. The van der Waals surface area contributed by atoms with E-state index in [-0.39, 0.29) is 10.8 Å². The van der Waals surface area contributed by atoms with Crippen LogP contribution in [0.4, 0.5) is 5.69 Å². The third-order valence-electron chi connectivity index (χ3n) is 3.58. The third kappa shape index (κ3) is 4.03. The van der Waals surface area contributed by atoms with Crippen LogP contribution in [0.3, 0.4) is 0 Å². The molecular formula is C17H19BrN2O3S. The Morgan fingerprint density at radius 1 is 1.04 bits per heavy atom. The fourth-order valence-electron chi connectivity index (χ4n) is 2.25. The molecule has 0 aliphatic heterocycles. The van der Waals surface area contributed by atoms with Crippen LogP contribution >= 0.6 is 15.9 Å². The van der Waals surface area contributed by atoms with E-state index in [1.165, 1.54) is 28.6 Å². The minimum Gasteiger partial charge on any atom is -0.321 e. The molecule has 0 saturated heterocycles. The molecule has 2 aromatic rings. The molecule has 0 heterocycles. The van der Waals surface area contributed by atoms with Gasteiger partial charge in [0.15, 0.2) is 0 Å². The predicted octanol–water partition coefficient (Wildman–Crippen LogP) is 3.73. The Morgan fingerprint density at radius 3 is 2.17 bits per heavy atom. The Morgan fingerprint density at radius 2 is 1.62 bits per heavy atom. The zero-order chi connectivity index (χ0) is 17.7. The largest absolute Gasteiger partial charge is 0.321 e. The lowest BCUT2D eigenvalue weighted by Crippen LogP contribution is -2.30. The molecule has 0 aromatic heterocycles. The molecule has 7 heteroatoms. The number of para-hydroxylation sites is 1. The van der Waals surface area contributed by atoms with Gasteiger partial charge in [0.2, 0.25) is 10.0 Å². The van der Waals surface area contributed by atoms with E-state index >= 15 is 0 Å². The number of nitrogens with one attached hydrogen (secondary N) is 1. The molecule has 2 aromatic carbocycles. The fraction of sp³-hybridized carbons (Fsp3) is 0.235. The lowest BCUT2D eigenvalue weighted by atomic mass is 10.2. The number of sulfonamides is 1. The summed E-state index contributed by atoms with van der Waals surface area (Å²) in [5.74, 6) is -0.298. The van der Waals surface area contributed by atoms with Gasteiger partial charge in [0.05, 0.1) is 10.6 Å². The molecule has 0 saturated carbocycles. The molecule has 0 atom stereocenters. The second kappa shape index (κ2) is 7.92. The van der Waals surface area contributed by atoms with Crippen molar-refractivity contribution >= 4 is 37.5 Å². The first-order chi connectivity index (χ1) is 11.4. The molecule has 2 rings (SSSR count). The number of carbonyl (C=O) groups is 1. The van der Waals surface area contributed by atoms with E-state index in [9.17, 15) is 13.2 Å². The number of hydrogen-bond acceptors (Lipinski definition) is 3. The number of benzene rings is 2. The normalized spacial score (nSPS) is 11.5. The minimum atomic E-state index is -3.52. The van der Waals surface area contributed by atoms with Gasteiger partial charge in [-0.3, -0.25) is 4.79 Å². The zero-order valence-corrected chi connectivity index (χ0v) is 15.9. The molecule has 24 heavy (non-hydrogen) atoms. The molecular weight excluding hydrogens is 392 g/mol. The first-order valence-corrected chi connectivity index (χ1v) is 9.79. The van der Waals surface area contributed by atoms with E-state index in [1.807, 2.05) is 18.2 Å². The summed E-state index contributed by atoms with van der Waals surface area (Å²) in [6, 6.07) is 13.2. The Labute approximate surface area is 150 Å². The van der Waals surface area contributed by atoms with E-state index in [4.69, 9.17) is 0 Å². The van der Waals surface area contributed by atoms with Gasteiger partial charge in [0, 0.05) is 23.1 Å². The van der Waals surface area contributed by atoms with Gasteiger partial charge < -0.3 is 5.32 Å². The highest BCUT2D eigenvalue weighted by Crippen LogP contribution is 2.22. The number of nitrogens with zero attached hydrogens (tertiary/aromatic N) is 1. The van der Waals surface area contributed by atoms with Crippen LogP contribution in [0.2, 0.25) is 0 Å². The lowest BCUT2D eigenvalue weighted by molar-refractivity contribution is 0.102. The highest BCUT2D eigenvalue weighted by atomic mass is 79.9. The Bertz CT molecular complexity index is 816. The molecule has 0 fully saturated rings. The summed E-state index contributed by atoms with van der Waals surface area (Å²) in [7, 11) is -3.52. The van der Waals surface area contributed by atoms with Gasteiger partial charge in [0.1, 0.15) is 0 Å². The summed E-state index contributed by atoms with van der Waals surface area (Å²) in [6.07, 6.45) is 0. The van der Waals surface area contributed by atoms with Gasteiger partial charge in [0.25, 0.3) is 5.91 Å². The summed E-state index contributed by atoms with van der Waals surface area (Å²) < 4.78 is 27.0. The van der Waals surface area contributed by atoms with Crippen molar-refractivity contribution in [3.05, 3.63) is 58.6 Å². The van der Waals surface area contributed by atoms with E-state index < -0.39 is 10.0 Å². The first-order valence-electron chi connectivity index (χ1n) is 7.56. The summed E-state index contributed by atoms with van der Waals surface area (Å²) in [5.41, 5.74) is 1.05. The van der Waals surface area contributed by atoms with E-state index in [1.54, 1.807) is 19.9 Å². The van der Waals surface area contributed by atoms with E-state index in [2.05, 4.69) is 21.2 Å². The molecule has 0 bridgehead atoms. The van der Waals surface area contributed by atoms with Crippen molar-refractivity contribution < 1.29 is 13.2 Å². The number of carbonyl (C=O) groups excluding carboxylic acids is 1. The SMILES string of the molecule is CCN(CC)S(=O)(=O)c1ccc(C(=O)Nc2ccccc2Br)cc1. The van der Waals surface area contributed by atoms with Crippen molar-refractivity contribution in [3.8, 4) is 0 Å². The van der Waals surface area contributed by atoms with Gasteiger partial charge in [-0.25, -0.2) is 8.42 Å². The molecule has 0 spiro atoms. The number of rotatable bonds is 6. The number of hydrogen-bond donors (Lipinski definition) is 1. The Hall–Kier alpha value is -1.70. The third-order valence-corrected chi connectivity index (χ3v) is 6.34. The standard InChI is InChI=1S/C17H19BrN2O3S/c1-3-20(4-2)24(22,23)14-11-9-13(10-12-14)17(21)19-16-8-6-5-7-15(16)18/h5-12H,3-4H2,1-2H3,(H,19,21). The molecule has 1 amide bonds. The quantitative estimate of drug-likeness (QED) is 0.788. The van der Waals surface area contributed by atoms with Crippen molar-refractivity contribution in [2.45, 2.75) is 18.7 Å². The first kappa shape index (κ1) is 18.6. The average Bonchev–Trinajstić information content (AvgIpc) is 2.58. The lowest BCUT2D eigenvalue weighted by Gasteiger charge is -2.18. The molecule has 128 valence electrons. The second-order valence-corrected chi connectivity index (χ2v) is 7.84. The van der Waals surface area contributed by atoms with Gasteiger partial charge in [-0.2, -0.15) is 4.31 Å². The van der Waals surface area contributed by atoms with Gasteiger partial charge in [-0.05, 0) is 52.3 Å². The van der Waals surface area contributed by atoms with Crippen molar-refractivity contribution in [1.82, 2.24) is 4.31 Å². The average molecular weight is 411 g/mol. The van der Waals surface area contributed by atoms with E-state index in [0.717, 1.165) is 4.47 Å². The van der Waals surface area contributed by atoms with Crippen LogP contribution in [0.15, 0.2) is 57.9 Å². The maximum Gasteiger partial charge on any atom is 0.255 e. The molecule has 0 unspecified atom stereocenters. The van der Waals surface area contributed by atoms with Crippen molar-refractivity contribution in [2.24, 2.45) is 0 Å². The fourth-order valence-corrected chi connectivity index (χ4v) is 4.09. The van der Waals surface area contributed by atoms with Crippen LogP contribution in [-0.4, -0.2) is 31.7 Å². The van der Waals surface area contributed by atoms with E-state index in [0.29, 0.717) is 24.3 Å². The van der Waals surface area contributed by atoms with Crippen LogP contribution in [0.25, 0.3) is 0 Å². The molecule has 0 radical (unpaired) electrons. The highest BCUT2D eigenvalue weighted by molar-refractivity contribution is 9.10. The van der Waals surface area contributed by atoms with Crippen LogP contribution < -0.4 is 5.32 Å². The summed E-state index contributed by atoms with van der Waals surface area (Å²) in [5, 5.41) is 2.78. The molecule has 0 aliphatic carbocycles. The van der Waals surface area contributed by atoms with Crippen LogP contribution in [0.1, 0.15) is 24.2 Å². The summed E-state index contributed by atoms with van der Waals surface area (Å²) in [6.45, 7) is 4.40. The highest BCUT2D eigenvalue weighted by Gasteiger charge is 2.21. The maximum atomic E-state index is 12.4. The number of amides is 1. The topological polar surface area (TPSA) is 66.5 Å². The Balaban J connectivity index is 2.20. The van der Waals surface area contributed by atoms with Crippen LogP contribution in [0, 0.1) is 0 Å². The van der Waals surface area contributed by atoms with Gasteiger partial charge in [-0.1, -0.05) is 26.0 Å². The second-order valence-electron chi connectivity index (χ2n) is 5.05. The molecule has 1 N–H and O–H groups in total. The number of anilines is 1. The monoisotopic (exact) mass is 410 g/mol. The van der Waals surface area contributed by atoms with Gasteiger partial charge >= 0.3 is 0 Å². The molecule has 5 nitrogen and oxygen atoms in total. The van der Waals surface area contributed by atoms with Crippen molar-refractivity contribution in [1.29, 1.82) is 0 Å². The van der Waals surface area contributed by atoms with Crippen LogP contribution in [0.5, 0.6) is 0 Å². The zero-order valence-electron chi connectivity index (χ0n) is 13.5. The van der Waals surface area contributed by atoms with Gasteiger partial charge in [-0.15, -0.1) is 0 Å². The Kier molecular flexibility index (Phi) is 6.15. The molecule has 0 aliphatic rings. The minimum absolute atomic E-state index is 0.184. The number of halogens is 1. The predicted molar refractivity (Wildman–Crippen MR) is 98.6 cm³/mol. The van der Waals surface area contributed by atoms with Crippen molar-refractivity contribution in [3.63, 3.8) is 0 Å². The van der Waals surface area contributed by atoms with Crippen molar-refractivity contribution in [2.75, 3.05) is 18.4 Å². The summed E-state index contributed by atoms with van der Waals surface area (Å²) in [4.78, 5) is 12.5. The van der Waals surface area contributed by atoms with Crippen LogP contribution in [-0.2, 0) is 10.0 Å².